The summed E-state index contributed by atoms with van der Waals surface area (Å²) in [4.78, 5) is 7.28. The molecule has 2 saturated heterocycles. The van der Waals surface area contributed by atoms with Gasteiger partial charge >= 0.3 is 0 Å². The third kappa shape index (κ3) is 2.96. The fourth-order valence-corrected chi connectivity index (χ4v) is 3.59. The van der Waals surface area contributed by atoms with E-state index in [1.807, 2.05) is 0 Å². The Bertz CT molecular complexity index is 623. The summed E-state index contributed by atoms with van der Waals surface area (Å²) < 4.78 is 2.16. The molecule has 2 N–H and O–H groups in total. The first-order valence-electron chi connectivity index (χ1n) is 8.55. The minimum atomic E-state index is 0.603. The second-order valence-corrected chi connectivity index (χ2v) is 6.47. The van der Waals surface area contributed by atoms with Gasteiger partial charge in [0.1, 0.15) is 5.65 Å². The van der Waals surface area contributed by atoms with Crippen LogP contribution in [-0.2, 0) is 6.42 Å². The van der Waals surface area contributed by atoms with Crippen molar-refractivity contribution < 1.29 is 0 Å². The Balaban J connectivity index is 1.52. The number of hydrogen-bond acceptors (Lipinski definition) is 4. The molecule has 4 heterocycles. The van der Waals surface area contributed by atoms with Crippen LogP contribution in [0.2, 0.25) is 0 Å². The molecule has 5 heteroatoms. The number of anilines is 1. The van der Waals surface area contributed by atoms with Crippen molar-refractivity contribution in [2.75, 3.05) is 37.6 Å². The molecule has 2 aliphatic rings. The molecule has 0 amide bonds. The van der Waals surface area contributed by atoms with Crippen LogP contribution in [-0.4, -0.2) is 48.2 Å². The van der Waals surface area contributed by atoms with E-state index in [0.717, 1.165) is 44.8 Å². The highest BCUT2D eigenvalue weighted by molar-refractivity contribution is 5.57. The van der Waals surface area contributed by atoms with Gasteiger partial charge in [-0.15, -0.1) is 0 Å². The first-order chi connectivity index (χ1) is 10.9. The number of rotatable bonds is 3. The normalized spacial score (nSPS) is 23.1. The van der Waals surface area contributed by atoms with Crippen molar-refractivity contribution in [3.8, 4) is 0 Å². The molecule has 2 aromatic heterocycles. The lowest BCUT2D eigenvalue weighted by atomic mass is 10.0. The zero-order chi connectivity index (χ0) is 14.8. The van der Waals surface area contributed by atoms with Crippen LogP contribution >= 0.6 is 0 Å². The average molecular weight is 299 g/mol. The Labute approximate surface area is 131 Å². The van der Waals surface area contributed by atoms with E-state index in [4.69, 9.17) is 4.98 Å². The number of piperazine rings is 1. The summed E-state index contributed by atoms with van der Waals surface area (Å²) in [5.74, 6) is 0. The van der Waals surface area contributed by atoms with Crippen molar-refractivity contribution in [2.24, 2.45) is 0 Å². The summed E-state index contributed by atoms with van der Waals surface area (Å²) in [6, 6.07) is 5.04. The average Bonchev–Trinajstić information content (AvgIpc) is 2.98. The molecule has 0 aliphatic carbocycles. The van der Waals surface area contributed by atoms with E-state index < -0.39 is 0 Å². The summed E-state index contributed by atoms with van der Waals surface area (Å²) in [6.45, 7) is 5.45. The molecule has 0 saturated carbocycles. The molecular formula is C17H25N5. The Kier molecular flexibility index (Phi) is 3.99. The van der Waals surface area contributed by atoms with Crippen LogP contribution in [0.3, 0.4) is 0 Å². The molecule has 118 valence electrons. The quantitative estimate of drug-likeness (QED) is 0.900. The lowest BCUT2D eigenvalue weighted by molar-refractivity contribution is 0.397. The molecule has 2 fully saturated rings. The van der Waals surface area contributed by atoms with Crippen LogP contribution in [0.25, 0.3) is 5.65 Å². The zero-order valence-electron chi connectivity index (χ0n) is 13.1. The van der Waals surface area contributed by atoms with Gasteiger partial charge in [0.15, 0.2) is 0 Å². The molecule has 0 spiro atoms. The maximum Gasteiger partial charge on any atom is 0.139 e. The zero-order valence-corrected chi connectivity index (χ0v) is 13.1. The van der Waals surface area contributed by atoms with Crippen LogP contribution in [0.1, 0.15) is 25.0 Å². The predicted molar refractivity (Wildman–Crippen MR) is 89.6 cm³/mol. The third-order valence-electron chi connectivity index (χ3n) is 4.84. The van der Waals surface area contributed by atoms with E-state index in [-0.39, 0.29) is 0 Å². The number of nitrogens with one attached hydrogen (secondary N) is 2. The highest BCUT2D eigenvalue weighted by atomic mass is 15.2. The fraction of sp³-hybridized carbons (Fsp3) is 0.588. The van der Waals surface area contributed by atoms with Gasteiger partial charge in [-0.05, 0) is 25.5 Å². The molecule has 1 atom stereocenters. The predicted octanol–water partition coefficient (Wildman–Crippen LogP) is 1.43. The van der Waals surface area contributed by atoms with Crippen molar-refractivity contribution in [3.05, 3.63) is 30.2 Å². The SMILES string of the molecule is c1cn2cc(CC3CCCCN3)nc2cc1N1CCNCC1. The minimum absolute atomic E-state index is 0.603. The standard InChI is InChI=1S/C17H25N5/c1-2-5-19-14(3-1)11-15-13-22-8-4-16(12-17(22)20-15)21-9-6-18-7-10-21/h4,8,12-14,18-19H,1-3,5-7,9-11H2. The van der Waals surface area contributed by atoms with Crippen LogP contribution in [0.15, 0.2) is 24.5 Å². The number of hydrogen-bond donors (Lipinski definition) is 2. The van der Waals surface area contributed by atoms with Crippen molar-refractivity contribution in [1.82, 2.24) is 20.0 Å². The summed E-state index contributed by atoms with van der Waals surface area (Å²) in [7, 11) is 0. The molecule has 0 radical (unpaired) electrons. The number of fused-ring (bicyclic) bond motifs is 1. The third-order valence-corrected chi connectivity index (χ3v) is 4.84. The van der Waals surface area contributed by atoms with Crippen LogP contribution < -0.4 is 15.5 Å². The monoisotopic (exact) mass is 299 g/mol. The number of piperidine rings is 1. The number of pyridine rings is 1. The summed E-state index contributed by atoms with van der Waals surface area (Å²) in [5, 5.41) is 7.01. The maximum absolute atomic E-state index is 4.84. The van der Waals surface area contributed by atoms with Gasteiger partial charge in [0.25, 0.3) is 0 Å². The molecule has 2 aliphatic heterocycles. The van der Waals surface area contributed by atoms with E-state index in [1.165, 1.54) is 30.6 Å². The lowest BCUT2D eigenvalue weighted by Gasteiger charge is -2.29. The summed E-state index contributed by atoms with van der Waals surface area (Å²) in [5.41, 5.74) is 3.57. The van der Waals surface area contributed by atoms with Crippen molar-refractivity contribution in [2.45, 2.75) is 31.7 Å². The van der Waals surface area contributed by atoms with E-state index >= 15 is 0 Å². The minimum Gasteiger partial charge on any atom is -0.369 e. The lowest BCUT2D eigenvalue weighted by Crippen LogP contribution is -2.43. The smallest absolute Gasteiger partial charge is 0.139 e. The topological polar surface area (TPSA) is 44.6 Å². The molecular weight excluding hydrogens is 274 g/mol. The van der Waals surface area contributed by atoms with Gasteiger partial charge in [-0.2, -0.15) is 0 Å². The molecule has 2 aromatic rings. The van der Waals surface area contributed by atoms with Crippen LogP contribution in [0.5, 0.6) is 0 Å². The maximum atomic E-state index is 4.84. The summed E-state index contributed by atoms with van der Waals surface area (Å²) >= 11 is 0. The van der Waals surface area contributed by atoms with Gasteiger partial charge in [-0.25, -0.2) is 4.98 Å². The second kappa shape index (κ2) is 6.26. The van der Waals surface area contributed by atoms with Crippen molar-refractivity contribution in [1.29, 1.82) is 0 Å². The van der Waals surface area contributed by atoms with E-state index in [9.17, 15) is 0 Å². The highest BCUT2D eigenvalue weighted by Crippen LogP contribution is 2.19. The van der Waals surface area contributed by atoms with Crippen LogP contribution in [0.4, 0.5) is 5.69 Å². The first-order valence-corrected chi connectivity index (χ1v) is 8.55. The number of nitrogens with zero attached hydrogens (tertiary/aromatic N) is 3. The number of imidazole rings is 1. The van der Waals surface area contributed by atoms with Crippen LogP contribution in [0, 0.1) is 0 Å². The Hall–Kier alpha value is -1.59. The first kappa shape index (κ1) is 14.0. The Morgan fingerprint density at radius 3 is 2.91 bits per heavy atom. The molecule has 4 rings (SSSR count). The van der Waals surface area contributed by atoms with Gasteiger partial charge in [0.05, 0.1) is 5.69 Å². The molecule has 1 unspecified atom stereocenters. The fourth-order valence-electron chi connectivity index (χ4n) is 3.59. The molecule has 5 nitrogen and oxygen atoms in total. The largest absolute Gasteiger partial charge is 0.369 e. The van der Waals surface area contributed by atoms with Gasteiger partial charge in [0, 0.05) is 62.8 Å². The van der Waals surface area contributed by atoms with Gasteiger partial charge in [-0.1, -0.05) is 6.42 Å². The van der Waals surface area contributed by atoms with Gasteiger partial charge in [-0.3, -0.25) is 0 Å². The Morgan fingerprint density at radius 2 is 2.09 bits per heavy atom. The summed E-state index contributed by atoms with van der Waals surface area (Å²) in [6.07, 6.45) is 9.32. The van der Waals surface area contributed by atoms with E-state index in [0.29, 0.717) is 6.04 Å². The van der Waals surface area contributed by atoms with Gasteiger partial charge in [0.2, 0.25) is 0 Å². The second-order valence-electron chi connectivity index (χ2n) is 6.47. The number of aromatic nitrogens is 2. The molecule has 0 aromatic carbocycles. The van der Waals surface area contributed by atoms with E-state index in [2.05, 4.69) is 44.5 Å². The Morgan fingerprint density at radius 1 is 1.18 bits per heavy atom. The van der Waals surface area contributed by atoms with E-state index in [1.54, 1.807) is 0 Å². The van der Waals surface area contributed by atoms with Crippen molar-refractivity contribution in [3.63, 3.8) is 0 Å². The molecule has 0 bridgehead atoms. The molecule has 22 heavy (non-hydrogen) atoms. The highest BCUT2D eigenvalue weighted by Gasteiger charge is 2.15. The van der Waals surface area contributed by atoms with Crippen molar-refractivity contribution >= 4 is 11.3 Å². The van der Waals surface area contributed by atoms with Gasteiger partial charge < -0.3 is 19.9 Å².